The monoisotopic (exact) mass is 280 g/mol. The fourth-order valence-electron chi connectivity index (χ4n) is 1.75. The number of carboxylic acid groups (broad SMARTS) is 2. The molecule has 0 fully saturated rings. The van der Waals surface area contributed by atoms with Crippen LogP contribution in [0.25, 0.3) is 0 Å². The fourth-order valence-corrected chi connectivity index (χ4v) is 2.23. The third-order valence-corrected chi connectivity index (χ3v) is 4.64. The van der Waals surface area contributed by atoms with Crippen molar-refractivity contribution in [2.24, 2.45) is 5.41 Å². The number of hydrogen-bond donors (Lipinski definition) is 2. The Kier molecular flexibility index (Phi) is 4.77. The molecule has 88 valence electrons. The van der Waals surface area contributed by atoms with E-state index in [0.29, 0.717) is 12.8 Å². The molecule has 4 nitrogen and oxygen atoms in total. The molecule has 0 saturated heterocycles. The second-order valence-corrected chi connectivity index (χ2v) is 5.12. The lowest BCUT2D eigenvalue weighted by Crippen LogP contribution is -2.53. The highest BCUT2D eigenvalue weighted by atomic mass is 79.9. The second-order valence-electron chi connectivity index (χ2n) is 3.93. The van der Waals surface area contributed by atoms with Gasteiger partial charge in [-0.25, -0.2) is 0 Å². The summed E-state index contributed by atoms with van der Waals surface area (Å²) < 4.78 is -1.90. The maximum Gasteiger partial charge on any atom is 0.332 e. The van der Waals surface area contributed by atoms with Gasteiger partial charge in [0.15, 0.2) is 0 Å². The molecule has 2 N–H and O–H groups in total. The molecular weight excluding hydrogens is 264 g/mol. The third-order valence-electron chi connectivity index (χ3n) is 3.00. The van der Waals surface area contributed by atoms with Crippen LogP contribution in [0.2, 0.25) is 0 Å². The van der Waals surface area contributed by atoms with E-state index in [4.69, 9.17) is 10.2 Å². The van der Waals surface area contributed by atoms with Crippen LogP contribution in [0.5, 0.6) is 0 Å². The number of carboxylic acids is 2. The summed E-state index contributed by atoms with van der Waals surface area (Å²) in [6.45, 7) is 5.40. The van der Waals surface area contributed by atoms with E-state index in [1.165, 1.54) is 0 Å². The number of hydrogen-bond acceptors (Lipinski definition) is 2. The standard InChI is InChI=1S/C10H17BrO4/c1-4-6-9(3,5-2)10(11,7(12)13)8(14)15/h4-6H2,1-3H3,(H,12,13)(H,14,15). The molecule has 0 aliphatic carbocycles. The number of aliphatic carboxylic acids is 2. The third kappa shape index (κ3) is 2.33. The van der Waals surface area contributed by atoms with Crippen molar-refractivity contribution in [1.29, 1.82) is 0 Å². The zero-order valence-corrected chi connectivity index (χ0v) is 10.8. The Hall–Kier alpha value is -0.580. The molecule has 0 radical (unpaired) electrons. The molecule has 0 amide bonds. The summed E-state index contributed by atoms with van der Waals surface area (Å²) in [7, 11) is 0. The van der Waals surface area contributed by atoms with Gasteiger partial charge < -0.3 is 10.2 Å². The van der Waals surface area contributed by atoms with Crippen LogP contribution >= 0.6 is 15.9 Å². The van der Waals surface area contributed by atoms with E-state index < -0.39 is 21.7 Å². The van der Waals surface area contributed by atoms with Crippen LogP contribution in [0.3, 0.4) is 0 Å². The van der Waals surface area contributed by atoms with Gasteiger partial charge in [-0.05, 0) is 12.8 Å². The van der Waals surface area contributed by atoms with E-state index in [9.17, 15) is 9.59 Å². The molecule has 0 aromatic rings. The highest BCUT2D eigenvalue weighted by Crippen LogP contribution is 2.45. The van der Waals surface area contributed by atoms with E-state index in [0.717, 1.165) is 6.42 Å². The molecule has 0 aromatic carbocycles. The van der Waals surface area contributed by atoms with Crippen LogP contribution < -0.4 is 0 Å². The van der Waals surface area contributed by atoms with Crippen molar-refractivity contribution in [3.05, 3.63) is 0 Å². The molecule has 1 unspecified atom stereocenters. The molecule has 0 aromatic heterocycles. The predicted molar refractivity (Wildman–Crippen MR) is 60.2 cm³/mol. The predicted octanol–water partition coefficient (Wildman–Crippen LogP) is 2.51. The van der Waals surface area contributed by atoms with Crippen LogP contribution in [0.15, 0.2) is 0 Å². The van der Waals surface area contributed by atoms with Crippen molar-refractivity contribution in [1.82, 2.24) is 0 Å². The Labute approximate surface area is 97.8 Å². The quantitative estimate of drug-likeness (QED) is 0.579. The molecule has 0 aliphatic rings. The molecule has 1 atom stereocenters. The Morgan fingerprint density at radius 1 is 1.20 bits per heavy atom. The molecule has 0 heterocycles. The minimum atomic E-state index is -1.90. The van der Waals surface area contributed by atoms with Gasteiger partial charge in [0, 0.05) is 5.41 Å². The lowest BCUT2D eigenvalue weighted by Gasteiger charge is -2.38. The highest BCUT2D eigenvalue weighted by Gasteiger charge is 2.57. The van der Waals surface area contributed by atoms with Crippen molar-refractivity contribution >= 4 is 27.9 Å². The fraction of sp³-hybridized carbons (Fsp3) is 0.800. The van der Waals surface area contributed by atoms with E-state index >= 15 is 0 Å². The molecule has 0 bridgehead atoms. The maximum atomic E-state index is 11.1. The van der Waals surface area contributed by atoms with Crippen molar-refractivity contribution in [2.45, 2.75) is 44.4 Å². The molecule has 0 saturated carbocycles. The molecular formula is C10H17BrO4. The summed E-state index contributed by atoms with van der Waals surface area (Å²) in [6, 6.07) is 0. The SMILES string of the molecule is CCCC(C)(CC)C(Br)(C(=O)O)C(=O)O. The van der Waals surface area contributed by atoms with E-state index in [-0.39, 0.29) is 0 Å². The van der Waals surface area contributed by atoms with Gasteiger partial charge in [0.1, 0.15) is 0 Å². The lowest BCUT2D eigenvalue weighted by molar-refractivity contribution is -0.156. The van der Waals surface area contributed by atoms with Gasteiger partial charge in [-0.1, -0.05) is 43.1 Å². The first-order chi connectivity index (χ1) is 6.76. The molecule has 15 heavy (non-hydrogen) atoms. The Morgan fingerprint density at radius 2 is 1.60 bits per heavy atom. The average Bonchev–Trinajstić information content (AvgIpc) is 2.15. The second kappa shape index (κ2) is 4.96. The van der Waals surface area contributed by atoms with Gasteiger partial charge in [0.2, 0.25) is 4.32 Å². The van der Waals surface area contributed by atoms with E-state index in [1.54, 1.807) is 13.8 Å². The summed E-state index contributed by atoms with van der Waals surface area (Å²) in [6.07, 6.45) is 1.79. The number of carbonyl (C=O) groups is 2. The minimum Gasteiger partial charge on any atom is -0.480 e. The largest absolute Gasteiger partial charge is 0.480 e. The molecule has 0 rings (SSSR count). The van der Waals surface area contributed by atoms with Gasteiger partial charge in [0.25, 0.3) is 0 Å². The van der Waals surface area contributed by atoms with E-state index in [1.807, 2.05) is 6.92 Å². The Morgan fingerprint density at radius 3 is 1.80 bits per heavy atom. The topological polar surface area (TPSA) is 74.6 Å². The normalized spacial score (nSPS) is 15.7. The van der Waals surface area contributed by atoms with E-state index in [2.05, 4.69) is 15.9 Å². The van der Waals surface area contributed by atoms with Gasteiger partial charge in [-0.2, -0.15) is 0 Å². The Balaban J connectivity index is 5.39. The summed E-state index contributed by atoms with van der Waals surface area (Å²) in [5.41, 5.74) is -0.792. The molecule has 0 aliphatic heterocycles. The van der Waals surface area contributed by atoms with Gasteiger partial charge >= 0.3 is 11.9 Å². The van der Waals surface area contributed by atoms with Gasteiger partial charge in [0.05, 0.1) is 0 Å². The zero-order chi connectivity index (χ0) is 12.3. The highest BCUT2D eigenvalue weighted by molar-refractivity contribution is 9.10. The van der Waals surface area contributed by atoms with Crippen molar-refractivity contribution in [3.8, 4) is 0 Å². The van der Waals surface area contributed by atoms with Crippen LogP contribution in [-0.2, 0) is 9.59 Å². The van der Waals surface area contributed by atoms with Crippen molar-refractivity contribution < 1.29 is 19.8 Å². The number of rotatable bonds is 6. The van der Waals surface area contributed by atoms with Gasteiger partial charge in [-0.3, -0.25) is 9.59 Å². The lowest BCUT2D eigenvalue weighted by atomic mass is 9.71. The molecule has 5 heteroatoms. The molecule has 0 spiro atoms. The summed E-state index contributed by atoms with van der Waals surface area (Å²) in [5, 5.41) is 18.1. The average molecular weight is 281 g/mol. The number of alkyl halides is 1. The first kappa shape index (κ1) is 14.4. The van der Waals surface area contributed by atoms with Crippen LogP contribution in [-0.4, -0.2) is 26.5 Å². The van der Waals surface area contributed by atoms with Crippen LogP contribution in [0.1, 0.15) is 40.0 Å². The van der Waals surface area contributed by atoms with Crippen molar-refractivity contribution in [2.75, 3.05) is 0 Å². The number of halogens is 1. The smallest absolute Gasteiger partial charge is 0.332 e. The Bertz CT molecular complexity index is 250. The van der Waals surface area contributed by atoms with Crippen molar-refractivity contribution in [3.63, 3.8) is 0 Å². The summed E-state index contributed by atoms with van der Waals surface area (Å²) in [5.74, 6) is -2.68. The first-order valence-electron chi connectivity index (χ1n) is 4.92. The van der Waals surface area contributed by atoms with Crippen LogP contribution in [0, 0.1) is 5.41 Å². The maximum absolute atomic E-state index is 11.1. The van der Waals surface area contributed by atoms with Crippen LogP contribution in [0.4, 0.5) is 0 Å². The zero-order valence-electron chi connectivity index (χ0n) is 9.21. The van der Waals surface area contributed by atoms with Gasteiger partial charge in [-0.15, -0.1) is 0 Å². The first-order valence-corrected chi connectivity index (χ1v) is 5.71. The summed E-state index contributed by atoms with van der Waals surface area (Å²) >= 11 is 2.90. The summed E-state index contributed by atoms with van der Waals surface area (Å²) in [4.78, 5) is 22.2. The minimum absolute atomic E-state index is 0.491.